The molecule has 0 heterocycles. The molecule has 1 fully saturated rings. The predicted octanol–water partition coefficient (Wildman–Crippen LogP) is 3.85. The van der Waals surface area contributed by atoms with Gasteiger partial charge in [-0.15, -0.1) is 0 Å². The molecule has 0 saturated heterocycles. The van der Waals surface area contributed by atoms with E-state index in [2.05, 4.69) is 11.4 Å². The number of carbonyl (C=O) groups is 1. The number of amides is 1. The van der Waals surface area contributed by atoms with Gasteiger partial charge in [-0.05, 0) is 37.5 Å². The van der Waals surface area contributed by atoms with Crippen LogP contribution in [0.1, 0.15) is 37.0 Å². The SMILES string of the molecule is CCOC(CNC(=O)C1CC1)c1cccc(C#N)c1.c1ccccc1. The third kappa shape index (κ3) is 6.78. The summed E-state index contributed by atoms with van der Waals surface area (Å²) in [5.41, 5.74) is 1.53. The minimum absolute atomic E-state index is 0.112. The van der Waals surface area contributed by atoms with Gasteiger partial charge in [0.2, 0.25) is 5.91 Å². The van der Waals surface area contributed by atoms with E-state index in [1.807, 2.05) is 61.5 Å². The van der Waals surface area contributed by atoms with E-state index in [4.69, 9.17) is 10.00 Å². The zero-order valence-corrected chi connectivity index (χ0v) is 14.5. The molecule has 1 amide bonds. The first kappa shape index (κ1) is 18.7. The summed E-state index contributed by atoms with van der Waals surface area (Å²) in [7, 11) is 0. The van der Waals surface area contributed by atoms with Gasteiger partial charge in [-0.1, -0.05) is 48.5 Å². The lowest BCUT2D eigenvalue weighted by molar-refractivity contribution is -0.123. The fourth-order valence-corrected chi connectivity index (χ4v) is 2.35. The Hall–Kier alpha value is -2.64. The summed E-state index contributed by atoms with van der Waals surface area (Å²) in [6.45, 7) is 2.95. The standard InChI is InChI=1S/C15H18N2O2.C6H6/c1-2-19-14(10-17-15(18)12-6-7-12)13-5-3-4-11(8-13)9-16;1-2-4-6-5-3-1/h3-5,8,12,14H,2,6-7,10H2,1H3,(H,17,18);1-6H. The Kier molecular flexibility index (Phi) is 7.68. The highest BCUT2D eigenvalue weighted by Crippen LogP contribution is 2.29. The van der Waals surface area contributed by atoms with Crippen molar-refractivity contribution in [2.75, 3.05) is 13.2 Å². The molecule has 0 aromatic heterocycles. The van der Waals surface area contributed by atoms with E-state index in [-0.39, 0.29) is 17.9 Å². The number of nitriles is 1. The van der Waals surface area contributed by atoms with E-state index in [9.17, 15) is 4.79 Å². The highest BCUT2D eigenvalue weighted by Gasteiger charge is 2.29. The number of ether oxygens (including phenoxy) is 1. The maximum atomic E-state index is 11.6. The Balaban J connectivity index is 0.000000316. The second-order valence-corrected chi connectivity index (χ2v) is 5.86. The van der Waals surface area contributed by atoms with Crippen LogP contribution in [0.2, 0.25) is 0 Å². The topological polar surface area (TPSA) is 62.1 Å². The number of hydrogen-bond donors (Lipinski definition) is 1. The van der Waals surface area contributed by atoms with Crippen molar-refractivity contribution in [3.8, 4) is 6.07 Å². The van der Waals surface area contributed by atoms with Crippen LogP contribution in [0.4, 0.5) is 0 Å². The number of rotatable bonds is 6. The molecule has 1 saturated carbocycles. The molecule has 1 aliphatic rings. The zero-order valence-electron chi connectivity index (χ0n) is 14.5. The van der Waals surface area contributed by atoms with Crippen molar-refractivity contribution in [1.29, 1.82) is 5.26 Å². The van der Waals surface area contributed by atoms with Gasteiger partial charge < -0.3 is 10.1 Å². The van der Waals surface area contributed by atoms with Gasteiger partial charge in [-0.25, -0.2) is 0 Å². The largest absolute Gasteiger partial charge is 0.372 e. The number of nitrogens with one attached hydrogen (secondary N) is 1. The van der Waals surface area contributed by atoms with Crippen LogP contribution in [0.5, 0.6) is 0 Å². The Morgan fingerprint density at radius 3 is 2.36 bits per heavy atom. The first-order valence-corrected chi connectivity index (χ1v) is 8.64. The van der Waals surface area contributed by atoms with Gasteiger partial charge in [-0.2, -0.15) is 5.26 Å². The lowest BCUT2D eigenvalue weighted by Gasteiger charge is -2.18. The van der Waals surface area contributed by atoms with Gasteiger partial charge in [0.25, 0.3) is 0 Å². The number of nitrogens with zero attached hydrogens (tertiary/aromatic N) is 1. The number of hydrogen-bond acceptors (Lipinski definition) is 3. The summed E-state index contributed by atoms with van der Waals surface area (Å²) >= 11 is 0. The molecular weight excluding hydrogens is 312 g/mol. The number of carbonyl (C=O) groups excluding carboxylic acids is 1. The molecule has 1 unspecified atom stereocenters. The lowest BCUT2D eigenvalue weighted by atomic mass is 10.1. The maximum Gasteiger partial charge on any atom is 0.223 e. The molecule has 1 aliphatic carbocycles. The fraction of sp³-hybridized carbons (Fsp3) is 0.333. The van der Waals surface area contributed by atoms with Gasteiger partial charge in [0.05, 0.1) is 17.7 Å². The molecule has 3 rings (SSSR count). The first-order chi connectivity index (χ1) is 12.2. The van der Waals surface area contributed by atoms with Gasteiger partial charge in [-0.3, -0.25) is 4.79 Å². The Labute approximate surface area is 149 Å². The van der Waals surface area contributed by atoms with Crippen LogP contribution >= 0.6 is 0 Å². The van der Waals surface area contributed by atoms with Crippen molar-refractivity contribution in [3.63, 3.8) is 0 Å². The van der Waals surface area contributed by atoms with Crippen LogP contribution in [0.15, 0.2) is 60.7 Å². The van der Waals surface area contributed by atoms with Crippen LogP contribution in [0, 0.1) is 17.2 Å². The molecule has 2 aromatic carbocycles. The quantitative estimate of drug-likeness (QED) is 0.871. The average Bonchev–Trinajstić information content (AvgIpc) is 3.52. The van der Waals surface area contributed by atoms with Crippen molar-refractivity contribution < 1.29 is 9.53 Å². The second-order valence-electron chi connectivity index (χ2n) is 5.86. The molecule has 0 bridgehead atoms. The smallest absolute Gasteiger partial charge is 0.223 e. The third-order valence-electron chi connectivity index (χ3n) is 3.83. The average molecular weight is 336 g/mol. The minimum atomic E-state index is -0.194. The summed E-state index contributed by atoms with van der Waals surface area (Å²) in [6.07, 6.45) is 1.80. The molecule has 0 aliphatic heterocycles. The molecule has 0 radical (unpaired) electrons. The van der Waals surface area contributed by atoms with Crippen molar-refractivity contribution in [1.82, 2.24) is 5.32 Å². The normalized spacial score (nSPS) is 13.8. The zero-order chi connectivity index (χ0) is 17.9. The van der Waals surface area contributed by atoms with Gasteiger partial charge in [0.15, 0.2) is 0 Å². The van der Waals surface area contributed by atoms with E-state index in [1.54, 1.807) is 6.07 Å². The van der Waals surface area contributed by atoms with Crippen LogP contribution < -0.4 is 5.32 Å². The molecular formula is C21H24N2O2. The van der Waals surface area contributed by atoms with Crippen LogP contribution in [-0.2, 0) is 9.53 Å². The van der Waals surface area contributed by atoms with E-state index in [0.717, 1.165) is 18.4 Å². The van der Waals surface area contributed by atoms with Gasteiger partial charge in [0, 0.05) is 19.1 Å². The molecule has 4 heteroatoms. The van der Waals surface area contributed by atoms with E-state index < -0.39 is 0 Å². The monoisotopic (exact) mass is 336 g/mol. The van der Waals surface area contributed by atoms with E-state index in [0.29, 0.717) is 18.7 Å². The molecule has 1 N–H and O–H groups in total. The summed E-state index contributed by atoms with van der Waals surface area (Å²) in [4.78, 5) is 11.6. The fourth-order valence-electron chi connectivity index (χ4n) is 2.35. The first-order valence-electron chi connectivity index (χ1n) is 8.64. The summed E-state index contributed by atoms with van der Waals surface area (Å²) in [6, 6.07) is 21.4. The molecule has 0 spiro atoms. The minimum Gasteiger partial charge on any atom is -0.372 e. The van der Waals surface area contributed by atoms with Crippen LogP contribution in [0.3, 0.4) is 0 Å². The summed E-state index contributed by atoms with van der Waals surface area (Å²) in [5.74, 6) is 0.314. The second kappa shape index (κ2) is 10.3. The summed E-state index contributed by atoms with van der Waals surface area (Å²) < 4.78 is 5.65. The third-order valence-corrected chi connectivity index (χ3v) is 3.83. The molecule has 130 valence electrons. The predicted molar refractivity (Wildman–Crippen MR) is 97.7 cm³/mol. The Morgan fingerprint density at radius 1 is 1.20 bits per heavy atom. The van der Waals surface area contributed by atoms with Crippen LogP contribution in [-0.4, -0.2) is 19.1 Å². The molecule has 4 nitrogen and oxygen atoms in total. The molecule has 1 atom stereocenters. The highest BCUT2D eigenvalue weighted by atomic mass is 16.5. The molecule has 25 heavy (non-hydrogen) atoms. The highest BCUT2D eigenvalue weighted by molar-refractivity contribution is 5.80. The Bertz CT molecular complexity index is 664. The van der Waals surface area contributed by atoms with Crippen molar-refractivity contribution >= 4 is 5.91 Å². The molecule has 2 aromatic rings. The Morgan fingerprint density at radius 2 is 1.84 bits per heavy atom. The summed E-state index contributed by atoms with van der Waals surface area (Å²) in [5, 5.41) is 11.8. The number of benzene rings is 2. The van der Waals surface area contributed by atoms with Crippen molar-refractivity contribution in [2.45, 2.75) is 25.9 Å². The van der Waals surface area contributed by atoms with Gasteiger partial charge >= 0.3 is 0 Å². The van der Waals surface area contributed by atoms with Crippen molar-refractivity contribution in [2.24, 2.45) is 5.92 Å². The van der Waals surface area contributed by atoms with E-state index >= 15 is 0 Å². The lowest BCUT2D eigenvalue weighted by Crippen LogP contribution is -2.30. The van der Waals surface area contributed by atoms with Crippen molar-refractivity contribution in [3.05, 3.63) is 71.8 Å². The van der Waals surface area contributed by atoms with E-state index in [1.165, 1.54) is 0 Å². The van der Waals surface area contributed by atoms with Gasteiger partial charge in [0.1, 0.15) is 0 Å². The van der Waals surface area contributed by atoms with Crippen LogP contribution in [0.25, 0.3) is 0 Å². The maximum absolute atomic E-state index is 11.6.